The van der Waals surface area contributed by atoms with Crippen molar-refractivity contribution in [3.8, 4) is 0 Å². The molecule has 0 unspecified atom stereocenters. The fraction of sp³-hybridized carbons (Fsp3) is 0.643. The third kappa shape index (κ3) is 3.43. The minimum Gasteiger partial charge on any atom is -0.388 e. The molecule has 0 amide bonds. The SMILES string of the molecule is CC1(C)CCC(O)(CNc2ccncc2)CC1. The van der Waals surface area contributed by atoms with Gasteiger partial charge in [0.05, 0.1) is 5.60 Å². The molecule has 3 heteroatoms. The second-order valence-corrected chi connectivity index (χ2v) is 5.98. The second-order valence-electron chi connectivity index (χ2n) is 5.98. The van der Waals surface area contributed by atoms with Crippen LogP contribution >= 0.6 is 0 Å². The lowest BCUT2D eigenvalue weighted by molar-refractivity contribution is -0.0145. The van der Waals surface area contributed by atoms with E-state index in [-0.39, 0.29) is 0 Å². The molecule has 2 rings (SSSR count). The molecule has 0 atom stereocenters. The van der Waals surface area contributed by atoms with E-state index in [9.17, 15) is 5.11 Å². The van der Waals surface area contributed by atoms with Gasteiger partial charge in [-0.3, -0.25) is 4.98 Å². The van der Waals surface area contributed by atoms with Gasteiger partial charge in [0.25, 0.3) is 0 Å². The molecule has 0 aliphatic heterocycles. The summed E-state index contributed by atoms with van der Waals surface area (Å²) in [6.07, 6.45) is 7.49. The van der Waals surface area contributed by atoms with Gasteiger partial charge in [0, 0.05) is 24.6 Å². The Kier molecular flexibility index (Phi) is 3.38. The molecular formula is C14H22N2O. The van der Waals surface area contributed by atoms with Crippen LogP contribution in [0.3, 0.4) is 0 Å². The van der Waals surface area contributed by atoms with Gasteiger partial charge >= 0.3 is 0 Å². The molecule has 1 saturated carbocycles. The Bertz CT molecular complexity index is 352. The molecule has 1 fully saturated rings. The first-order valence-corrected chi connectivity index (χ1v) is 6.36. The van der Waals surface area contributed by atoms with Crippen LogP contribution in [-0.2, 0) is 0 Å². The standard InChI is InChI=1S/C14H22N2O/c1-13(2)5-7-14(17,8-6-13)11-16-12-3-9-15-10-4-12/h3-4,9-10,17H,5-8,11H2,1-2H3,(H,15,16). The van der Waals surface area contributed by atoms with Crippen LogP contribution in [0.4, 0.5) is 5.69 Å². The zero-order chi connectivity index (χ0) is 12.4. The van der Waals surface area contributed by atoms with Gasteiger partial charge in [-0.25, -0.2) is 0 Å². The lowest BCUT2D eigenvalue weighted by atomic mass is 9.71. The van der Waals surface area contributed by atoms with Gasteiger partial charge in [0.1, 0.15) is 0 Å². The molecule has 1 aliphatic rings. The van der Waals surface area contributed by atoms with E-state index in [0.29, 0.717) is 12.0 Å². The normalized spacial score (nSPS) is 22.1. The van der Waals surface area contributed by atoms with Crippen molar-refractivity contribution in [2.24, 2.45) is 5.41 Å². The predicted molar refractivity (Wildman–Crippen MR) is 69.9 cm³/mol. The molecular weight excluding hydrogens is 212 g/mol. The smallest absolute Gasteiger partial charge is 0.0819 e. The maximum absolute atomic E-state index is 10.5. The zero-order valence-electron chi connectivity index (χ0n) is 10.7. The van der Waals surface area contributed by atoms with E-state index >= 15 is 0 Å². The number of aliphatic hydroxyl groups is 1. The van der Waals surface area contributed by atoms with Crippen molar-refractivity contribution in [2.75, 3.05) is 11.9 Å². The summed E-state index contributed by atoms with van der Waals surface area (Å²) in [6, 6.07) is 3.85. The van der Waals surface area contributed by atoms with E-state index in [1.807, 2.05) is 12.1 Å². The van der Waals surface area contributed by atoms with E-state index in [0.717, 1.165) is 31.4 Å². The molecule has 0 aromatic carbocycles. The molecule has 1 heterocycles. The van der Waals surface area contributed by atoms with Crippen molar-refractivity contribution in [2.45, 2.75) is 45.1 Å². The molecule has 2 N–H and O–H groups in total. The molecule has 0 saturated heterocycles. The van der Waals surface area contributed by atoms with Crippen molar-refractivity contribution >= 4 is 5.69 Å². The van der Waals surface area contributed by atoms with Crippen LogP contribution in [0.1, 0.15) is 39.5 Å². The van der Waals surface area contributed by atoms with E-state index in [1.165, 1.54) is 0 Å². The van der Waals surface area contributed by atoms with Gasteiger partial charge in [0.15, 0.2) is 0 Å². The second kappa shape index (κ2) is 4.65. The van der Waals surface area contributed by atoms with E-state index < -0.39 is 5.60 Å². The van der Waals surface area contributed by atoms with E-state index in [4.69, 9.17) is 0 Å². The van der Waals surface area contributed by atoms with Crippen LogP contribution < -0.4 is 5.32 Å². The predicted octanol–water partition coefficient (Wildman–Crippen LogP) is 2.82. The lowest BCUT2D eigenvalue weighted by Crippen LogP contribution is -2.42. The number of hydrogen-bond donors (Lipinski definition) is 2. The minimum absolute atomic E-state index is 0.392. The number of hydrogen-bond acceptors (Lipinski definition) is 3. The molecule has 0 spiro atoms. The molecule has 1 aliphatic carbocycles. The fourth-order valence-electron chi connectivity index (χ4n) is 2.31. The first-order valence-electron chi connectivity index (χ1n) is 6.36. The van der Waals surface area contributed by atoms with Crippen LogP contribution in [0.2, 0.25) is 0 Å². The van der Waals surface area contributed by atoms with Crippen LogP contribution in [0, 0.1) is 5.41 Å². The number of nitrogens with one attached hydrogen (secondary N) is 1. The van der Waals surface area contributed by atoms with Crippen molar-refractivity contribution in [1.82, 2.24) is 4.98 Å². The highest BCUT2D eigenvalue weighted by molar-refractivity contribution is 5.41. The Hall–Kier alpha value is -1.09. The maximum Gasteiger partial charge on any atom is 0.0819 e. The highest BCUT2D eigenvalue weighted by atomic mass is 16.3. The number of nitrogens with zero attached hydrogens (tertiary/aromatic N) is 1. The van der Waals surface area contributed by atoms with Gasteiger partial charge < -0.3 is 10.4 Å². The van der Waals surface area contributed by atoms with Gasteiger partial charge in [0.2, 0.25) is 0 Å². The van der Waals surface area contributed by atoms with Crippen molar-refractivity contribution in [1.29, 1.82) is 0 Å². The van der Waals surface area contributed by atoms with Crippen LogP contribution in [0.25, 0.3) is 0 Å². The third-order valence-corrected chi connectivity index (χ3v) is 3.84. The summed E-state index contributed by atoms with van der Waals surface area (Å²) in [5.41, 5.74) is 0.875. The van der Waals surface area contributed by atoms with Gasteiger partial charge in [-0.1, -0.05) is 13.8 Å². The highest BCUT2D eigenvalue weighted by Crippen LogP contribution is 2.40. The molecule has 3 nitrogen and oxygen atoms in total. The molecule has 1 aromatic rings. The van der Waals surface area contributed by atoms with Crippen molar-refractivity contribution < 1.29 is 5.11 Å². The van der Waals surface area contributed by atoms with E-state index in [2.05, 4.69) is 24.1 Å². The van der Waals surface area contributed by atoms with Crippen LogP contribution in [-0.4, -0.2) is 22.2 Å². The first kappa shape index (κ1) is 12.4. The van der Waals surface area contributed by atoms with Gasteiger partial charge in [-0.15, -0.1) is 0 Å². The largest absolute Gasteiger partial charge is 0.388 e. The minimum atomic E-state index is -0.543. The summed E-state index contributed by atoms with van der Waals surface area (Å²) in [6.45, 7) is 5.19. The number of anilines is 1. The molecule has 0 bridgehead atoms. The summed E-state index contributed by atoms with van der Waals surface area (Å²) in [5.74, 6) is 0. The number of rotatable bonds is 3. The zero-order valence-corrected chi connectivity index (χ0v) is 10.7. The van der Waals surface area contributed by atoms with Crippen molar-refractivity contribution in [3.05, 3.63) is 24.5 Å². The first-order chi connectivity index (χ1) is 7.99. The summed E-state index contributed by atoms with van der Waals surface area (Å²) in [4.78, 5) is 3.97. The fourth-order valence-corrected chi connectivity index (χ4v) is 2.31. The Balaban J connectivity index is 1.87. The summed E-state index contributed by atoms with van der Waals surface area (Å²) >= 11 is 0. The molecule has 17 heavy (non-hydrogen) atoms. The van der Waals surface area contributed by atoms with Crippen molar-refractivity contribution in [3.63, 3.8) is 0 Å². The summed E-state index contributed by atoms with van der Waals surface area (Å²) in [7, 11) is 0. The van der Waals surface area contributed by atoms with Crippen LogP contribution in [0.5, 0.6) is 0 Å². The monoisotopic (exact) mass is 234 g/mol. The average molecular weight is 234 g/mol. The molecule has 0 radical (unpaired) electrons. The molecule has 1 aromatic heterocycles. The Morgan fingerprint density at radius 3 is 2.35 bits per heavy atom. The average Bonchev–Trinajstić information content (AvgIpc) is 2.33. The third-order valence-electron chi connectivity index (χ3n) is 3.84. The Labute approximate surface area is 103 Å². The quantitative estimate of drug-likeness (QED) is 0.845. The summed E-state index contributed by atoms with van der Waals surface area (Å²) in [5, 5.41) is 13.8. The number of aromatic nitrogens is 1. The maximum atomic E-state index is 10.5. The highest BCUT2D eigenvalue weighted by Gasteiger charge is 2.36. The molecule has 94 valence electrons. The van der Waals surface area contributed by atoms with E-state index in [1.54, 1.807) is 12.4 Å². The lowest BCUT2D eigenvalue weighted by Gasteiger charge is -2.40. The van der Waals surface area contributed by atoms with Crippen LogP contribution in [0.15, 0.2) is 24.5 Å². The van der Waals surface area contributed by atoms with Gasteiger partial charge in [-0.05, 0) is 43.2 Å². The number of pyridine rings is 1. The summed E-state index contributed by atoms with van der Waals surface area (Å²) < 4.78 is 0. The Morgan fingerprint density at radius 2 is 1.76 bits per heavy atom. The topological polar surface area (TPSA) is 45.1 Å². The van der Waals surface area contributed by atoms with Gasteiger partial charge in [-0.2, -0.15) is 0 Å². The Morgan fingerprint density at radius 1 is 1.18 bits per heavy atom.